The lowest BCUT2D eigenvalue weighted by atomic mass is 10.1. The van der Waals surface area contributed by atoms with Crippen LogP contribution in [0.2, 0.25) is 5.02 Å². The third-order valence-electron chi connectivity index (χ3n) is 3.73. The Bertz CT molecular complexity index is 977. The fourth-order valence-electron chi connectivity index (χ4n) is 2.38. The van der Waals surface area contributed by atoms with Gasteiger partial charge in [-0.2, -0.15) is 18.3 Å². The minimum atomic E-state index is -4.57. The van der Waals surface area contributed by atoms with Crippen molar-refractivity contribution in [3.05, 3.63) is 65.7 Å². The van der Waals surface area contributed by atoms with Crippen molar-refractivity contribution in [2.45, 2.75) is 19.2 Å². The smallest absolute Gasteiger partial charge is 0.416 e. The first-order chi connectivity index (χ1) is 13.2. The highest BCUT2D eigenvalue weighted by Gasteiger charge is 2.31. The first kappa shape index (κ1) is 19.7. The predicted molar refractivity (Wildman–Crippen MR) is 96.5 cm³/mol. The van der Waals surface area contributed by atoms with Crippen LogP contribution in [0.4, 0.5) is 18.9 Å². The van der Waals surface area contributed by atoms with Crippen molar-refractivity contribution < 1.29 is 22.7 Å². The van der Waals surface area contributed by atoms with Gasteiger partial charge in [0.2, 0.25) is 0 Å². The Morgan fingerprint density at radius 3 is 2.68 bits per heavy atom. The molecule has 0 aliphatic heterocycles. The van der Waals surface area contributed by atoms with Gasteiger partial charge in [-0.15, -0.1) is 0 Å². The van der Waals surface area contributed by atoms with E-state index in [0.29, 0.717) is 10.8 Å². The number of rotatable bonds is 5. The molecular formula is C18H14ClF3N4O2. The normalized spacial score (nSPS) is 12.5. The van der Waals surface area contributed by atoms with Crippen LogP contribution in [-0.4, -0.2) is 26.8 Å². The van der Waals surface area contributed by atoms with Gasteiger partial charge in [0.15, 0.2) is 6.10 Å². The monoisotopic (exact) mass is 410 g/mol. The molecule has 1 N–H and O–H groups in total. The zero-order chi connectivity index (χ0) is 20.3. The number of halogens is 4. The number of nitrogens with one attached hydrogen (secondary N) is 1. The van der Waals surface area contributed by atoms with E-state index in [4.69, 9.17) is 16.3 Å². The number of benzene rings is 2. The molecule has 2 aromatic carbocycles. The lowest BCUT2D eigenvalue weighted by molar-refractivity contribution is -0.137. The van der Waals surface area contributed by atoms with Crippen LogP contribution in [0.15, 0.2) is 55.1 Å². The molecule has 0 saturated carbocycles. The van der Waals surface area contributed by atoms with Gasteiger partial charge in [-0.05, 0) is 43.3 Å². The number of ether oxygens (including phenoxy) is 1. The van der Waals surface area contributed by atoms with E-state index < -0.39 is 23.8 Å². The number of hydrogen-bond donors (Lipinski definition) is 1. The quantitative estimate of drug-likeness (QED) is 0.679. The van der Waals surface area contributed by atoms with Crippen molar-refractivity contribution in [3.8, 4) is 11.4 Å². The molecule has 28 heavy (non-hydrogen) atoms. The van der Waals surface area contributed by atoms with Crippen molar-refractivity contribution in [2.75, 3.05) is 5.32 Å². The summed E-state index contributed by atoms with van der Waals surface area (Å²) in [7, 11) is 0. The van der Waals surface area contributed by atoms with Gasteiger partial charge in [0.05, 0.1) is 16.9 Å². The molecule has 0 fully saturated rings. The largest absolute Gasteiger partial charge is 0.481 e. The molecule has 0 spiro atoms. The number of hydrogen-bond acceptors (Lipinski definition) is 4. The Balaban J connectivity index is 1.85. The van der Waals surface area contributed by atoms with Crippen LogP contribution in [0.25, 0.3) is 5.69 Å². The van der Waals surface area contributed by atoms with E-state index in [1.807, 2.05) is 0 Å². The van der Waals surface area contributed by atoms with Crippen LogP contribution >= 0.6 is 11.6 Å². The highest BCUT2D eigenvalue weighted by molar-refractivity contribution is 6.30. The van der Waals surface area contributed by atoms with E-state index in [0.717, 1.165) is 12.1 Å². The van der Waals surface area contributed by atoms with Gasteiger partial charge in [-0.1, -0.05) is 17.7 Å². The maximum atomic E-state index is 13.1. The van der Waals surface area contributed by atoms with E-state index >= 15 is 0 Å². The number of nitrogens with zero attached hydrogens (tertiary/aromatic N) is 3. The molecule has 3 rings (SSSR count). The molecule has 1 aromatic heterocycles. The van der Waals surface area contributed by atoms with Crippen LogP contribution in [0.5, 0.6) is 5.75 Å². The molecule has 1 heterocycles. The molecular weight excluding hydrogens is 397 g/mol. The summed E-state index contributed by atoms with van der Waals surface area (Å²) in [4.78, 5) is 16.3. The summed E-state index contributed by atoms with van der Waals surface area (Å²) in [6.07, 6.45) is -3.02. The summed E-state index contributed by atoms with van der Waals surface area (Å²) in [6, 6.07) is 9.37. The molecule has 146 valence electrons. The van der Waals surface area contributed by atoms with Crippen molar-refractivity contribution in [3.63, 3.8) is 0 Å². The average Bonchev–Trinajstić information content (AvgIpc) is 3.15. The van der Waals surface area contributed by atoms with Gasteiger partial charge in [0.1, 0.15) is 18.4 Å². The van der Waals surface area contributed by atoms with Gasteiger partial charge < -0.3 is 10.1 Å². The third-order valence-corrected chi connectivity index (χ3v) is 3.96. The van der Waals surface area contributed by atoms with Crippen LogP contribution in [0.3, 0.4) is 0 Å². The van der Waals surface area contributed by atoms with E-state index in [1.165, 1.54) is 36.4 Å². The van der Waals surface area contributed by atoms with Crippen molar-refractivity contribution in [1.29, 1.82) is 0 Å². The van der Waals surface area contributed by atoms with Gasteiger partial charge in [-0.25, -0.2) is 9.67 Å². The summed E-state index contributed by atoms with van der Waals surface area (Å²) in [5, 5.41) is 6.78. The third kappa shape index (κ3) is 4.61. The lowest BCUT2D eigenvalue weighted by Gasteiger charge is -2.18. The maximum Gasteiger partial charge on any atom is 0.416 e. The summed E-state index contributed by atoms with van der Waals surface area (Å²) in [5.41, 5.74) is -0.754. The Morgan fingerprint density at radius 2 is 2.04 bits per heavy atom. The Morgan fingerprint density at radius 1 is 1.25 bits per heavy atom. The minimum Gasteiger partial charge on any atom is -0.481 e. The number of carbonyl (C=O) groups is 1. The van der Waals surface area contributed by atoms with Crippen molar-refractivity contribution >= 4 is 23.2 Å². The van der Waals surface area contributed by atoms with Gasteiger partial charge >= 0.3 is 6.18 Å². The van der Waals surface area contributed by atoms with E-state index in [-0.39, 0.29) is 11.4 Å². The molecule has 1 atom stereocenters. The second-order valence-electron chi connectivity index (χ2n) is 5.78. The lowest BCUT2D eigenvalue weighted by Crippen LogP contribution is -2.30. The summed E-state index contributed by atoms with van der Waals surface area (Å²) in [5.74, 6) is -0.281. The first-order valence-corrected chi connectivity index (χ1v) is 8.41. The van der Waals surface area contributed by atoms with Crippen LogP contribution in [0.1, 0.15) is 12.5 Å². The zero-order valence-corrected chi connectivity index (χ0v) is 15.2. The summed E-state index contributed by atoms with van der Waals surface area (Å²) in [6.45, 7) is 1.47. The van der Waals surface area contributed by atoms with Crippen molar-refractivity contribution in [2.24, 2.45) is 0 Å². The molecule has 0 bridgehead atoms. The number of carbonyl (C=O) groups excluding carboxylic acids is 1. The fraction of sp³-hybridized carbons (Fsp3) is 0.167. The summed E-state index contributed by atoms with van der Waals surface area (Å²) >= 11 is 5.87. The summed E-state index contributed by atoms with van der Waals surface area (Å²) < 4.78 is 46.0. The molecule has 1 unspecified atom stereocenters. The van der Waals surface area contributed by atoms with E-state index in [1.54, 1.807) is 18.2 Å². The second kappa shape index (κ2) is 7.89. The van der Waals surface area contributed by atoms with Crippen LogP contribution < -0.4 is 10.1 Å². The molecule has 10 heteroatoms. The second-order valence-corrected chi connectivity index (χ2v) is 6.21. The number of aromatic nitrogens is 3. The van der Waals surface area contributed by atoms with Gasteiger partial charge in [0, 0.05) is 5.02 Å². The van der Waals surface area contributed by atoms with E-state index in [2.05, 4.69) is 15.4 Å². The number of alkyl halides is 3. The average molecular weight is 411 g/mol. The highest BCUT2D eigenvalue weighted by atomic mass is 35.5. The van der Waals surface area contributed by atoms with Crippen LogP contribution in [-0.2, 0) is 11.0 Å². The first-order valence-electron chi connectivity index (χ1n) is 8.03. The fourth-order valence-corrected chi connectivity index (χ4v) is 2.56. The molecule has 0 radical (unpaired) electrons. The number of amides is 1. The number of anilines is 1. The van der Waals surface area contributed by atoms with E-state index in [9.17, 15) is 18.0 Å². The maximum absolute atomic E-state index is 13.1. The minimum absolute atomic E-state index is 0.0770. The molecule has 6 nitrogen and oxygen atoms in total. The standard InChI is InChI=1S/C18H14ClF3N4O2/c1-11(28-14-4-2-3-13(19)8-14)17(27)25-15-7-12(18(20,21)22)5-6-16(15)26-10-23-9-24-26/h2-11H,1H3,(H,25,27). The highest BCUT2D eigenvalue weighted by Crippen LogP contribution is 2.33. The Kier molecular flexibility index (Phi) is 5.55. The van der Waals surface area contributed by atoms with Gasteiger partial charge in [0.25, 0.3) is 5.91 Å². The molecule has 3 aromatic rings. The Hall–Kier alpha value is -3.07. The molecule has 1 amide bonds. The van der Waals surface area contributed by atoms with Crippen molar-refractivity contribution in [1.82, 2.24) is 14.8 Å². The topological polar surface area (TPSA) is 69.0 Å². The molecule has 0 saturated heterocycles. The predicted octanol–water partition coefficient (Wildman–Crippen LogP) is 4.35. The Labute approximate surface area is 162 Å². The molecule has 0 aliphatic carbocycles. The van der Waals surface area contributed by atoms with Crippen LogP contribution in [0, 0.1) is 0 Å². The molecule has 0 aliphatic rings. The van der Waals surface area contributed by atoms with Gasteiger partial charge in [-0.3, -0.25) is 4.79 Å². The SMILES string of the molecule is CC(Oc1cccc(Cl)c1)C(=O)Nc1cc(C(F)(F)F)ccc1-n1cncn1. The zero-order valence-electron chi connectivity index (χ0n) is 14.4.